The number of rotatable bonds is 5. The molecule has 0 bridgehead atoms. The van der Waals surface area contributed by atoms with Crippen molar-refractivity contribution in [2.24, 2.45) is 0 Å². The highest BCUT2D eigenvalue weighted by Gasteiger charge is 2.32. The van der Waals surface area contributed by atoms with Crippen molar-refractivity contribution in [2.45, 2.75) is 11.1 Å². The van der Waals surface area contributed by atoms with Crippen LogP contribution in [0.5, 0.6) is 0 Å². The summed E-state index contributed by atoms with van der Waals surface area (Å²) in [5.41, 5.74) is -0.0541. The molecule has 0 saturated carbocycles. The molecular weight excluding hydrogens is 425 g/mol. The fourth-order valence-corrected chi connectivity index (χ4v) is 4.42. The Bertz CT molecular complexity index is 1080. The molecule has 1 N–H and O–H groups in total. The van der Waals surface area contributed by atoms with Crippen molar-refractivity contribution in [2.75, 3.05) is 42.3 Å². The third-order valence-electron chi connectivity index (χ3n) is 5.06. The molecule has 4 nitrogen and oxygen atoms in total. The number of amides is 1. The highest BCUT2D eigenvalue weighted by molar-refractivity contribution is 8.00. The molecule has 8 heteroatoms. The summed E-state index contributed by atoms with van der Waals surface area (Å²) in [4.78, 5) is 15.5. The molecule has 0 aliphatic carbocycles. The molecule has 3 aromatic rings. The monoisotopic (exact) mass is 446 g/mol. The van der Waals surface area contributed by atoms with E-state index in [9.17, 15) is 18.0 Å². The minimum atomic E-state index is -4.49. The highest BCUT2D eigenvalue weighted by Crippen LogP contribution is 2.36. The Balaban J connectivity index is 1.53. The van der Waals surface area contributed by atoms with Gasteiger partial charge in [-0.2, -0.15) is 13.2 Å². The van der Waals surface area contributed by atoms with Crippen LogP contribution in [0.2, 0.25) is 0 Å². The first kappa shape index (κ1) is 21.5. The Hall–Kier alpha value is -2.71. The van der Waals surface area contributed by atoms with E-state index < -0.39 is 11.7 Å². The van der Waals surface area contributed by atoms with Gasteiger partial charge in [0.25, 0.3) is 0 Å². The van der Waals surface area contributed by atoms with Gasteiger partial charge in [0.1, 0.15) is 0 Å². The van der Waals surface area contributed by atoms with E-state index >= 15 is 0 Å². The number of halogens is 3. The van der Waals surface area contributed by atoms with Crippen molar-refractivity contribution >= 4 is 39.8 Å². The molecule has 162 valence electrons. The van der Waals surface area contributed by atoms with Gasteiger partial charge in [0.05, 0.1) is 35.9 Å². The molecule has 1 saturated heterocycles. The van der Waals surface area contributed by atoms with Gasteiger partial charge in [-0.3, -0.25) is 4.79 Å². The minimum absolute atomic E-state index is 0.0901. The normalized spacial score (nSPS) is 14.6. The van der Waals surface area contributed by atoms with Gasteiger partial charge >= 0.3 is 6.18 Å². The summed E-state index contributed by atoms with van der Waals surface area (Å²) < 4.78 is 45.1. The van der Waals surface area contributed by atoms with E-state index in [1.807, 2.05) is 47.4 Å². The van der Waals surface area contributed by atoms with Crippen LogP contribution < -0.4 is 10.2 Å². The maximum Gasteiger partial charge on any atom is 0.416 e. The number of carbonyl (C=O) groups is 1. The van der Waals surface area contributed by atoms with Crippen molar-refractivity contribution < 1.29 is 22.7 Å². The molecule has 1 aliphatic heterocycles. The molecular formula is C23H21F3N2O2S. The van der Waals surface area contributed by atoms with E-state index in [0.717, 1.165) is 27.8 Å². The summed E-state index contributed by atoms with van der Waals surface area (Å²) in [6.45, 7) is 2.09. The Labute approximate surface area is 182 Å². The summed E-state index contributed by atoms with van der Waals surface area (Å²) >= 11 is 1.36. The number of alkyl halides is 3. The summed E-state index contributed by atoms with van der Waals surface area (Å²) in [5, 5.41) is 4.80. The first-order valence-corrected chi connectivity index (χ1v) is 10.8. The molecule has 31 heavy (non-hydrogen) atoms. The Morgan fingerprint density at radius 3 is 2.55 bits per heavy atom. The number of carbonyl (C=O) groups excluding carboxylic acids is 1. The Kier molecular flexibility index (Phi) is 6.38. The predicted octanol–water partition coefficient (Wildman–Crippen LogP) is 5.43. The molecule has 1 amide bonds. The van der Waals surface area contributed by atoms with Gasteiger partial charge < -0.3 is 15.0 Å². The average molecular weight is 446 g/mol. The molecule has 1 heterocycles. The summed E-state index contributed by atoms with van der Waals surface area (Å²) in [6, 6.07) is 17.2. The van der Waals surface area contributed by atoms with Crippen LogP contribution in [-0.4, -0.2) is 38.0 Å². The quantitative estimate of drug-likeness (QED) is 0.531. The zero-order valence-corrected chi connectivity index (χ0v) is 17.4. The molecule has 0 aromatic heterocycles. The van der Waals surface area contributed by atoms with Crippen LogP contribution >= 0.6 is 11.8 Å². The number of ether oxygens (including phenoxy) is 1. The lowest BCUT2D eigenvalue weighted by molar-refractivity contribution is -0.137. The number of thioether (sulfide) groups is 1. The number of benzene rings is 3. The predicted molar refractivity (Wildman–Crippen MR) is 118 cm³/mol. The third-order valence-corrected chi connectivity index (χ3v) is 6.13. The number of nitrogens with zero attached hydrogens (tertiary/aromatic N) is 1. The number of morpholine rings is 1. The van der Waals surface area contributed by atoms with E-state index in [1.54, 1.807) is 0 Å². The summed E-state index contributed by atoms with van der Waals surface area (Å²) in [7, 11) is 0. The van der Waals surface area contributed by atoms with Crippen molar-refractivity contribution in [3.63, 3.8) is 0 Å². The Morgan fingerprint density at radius 1 is 1.03 bits per heavy atom. The largest absolute Gasteiger partial charge is 0.416 e. The molecule has 4 rings (SSSR count). The van der Waals surface area contributed by atoms with Crippen molar-refractivity contribution in [3.05, 3.63) is 66.2 Å². The van der Waals surface area contributed by atoms with Gasteiger partial charge in [-0.05, 0) is 35.0 Å². The molecule has 0 atom stereocenters. The van der Waals surface area contributed by atoms with Crippen molar-refractivity contribution in [3.8, 4) is 0 Å². The number of hydrogen-bond acceptors (Lipinski definition) is 4. The van der Waals surface area contributed by atoms with E-state index in [0.29, 0.717) is 32.0 Å². The van der Waals surface area contributed by atoms with E-state index in [1.165, 1.54) is 17.8 Å². The van der Waals surface area contributed by atoms with Crippen LogP contribution in [0.3, 0.4) is 0 Å². The van der Waals surface area contributed by atoms with Gasteiger partial charge in [0.15, 0.2) is 0 Å². The lowest BCUT2D eigenvalue weighted by Gasteiger charge is -2.31. The van der Waals surface area contributed by atoms with Gasteiger partial charge in [0, 0.05) is 18.0 Å². The lowest BCUT2D eigenvalue weighted by Crippen LogP contribution is -2.37. The number of anilines is 2. The van der Waals surface area contributed by atoms with Gasteiger partial charge in [0.2, 0.25) is 5.91 Å². The van der Waals surface area contributed by atoms with Crippen LogP contribution in [0.25, 0.3) is 10.8 Å². The minimum Gasteiger partial charge on any atom is -0.378 e. The van der Waals surface area contributed by atoms with Crippen molar-refractivity contribution in [1.82, 2.24) is 0 Å². The fraction of sp³-hybridized carbons (Fsp3) is 0.261. The van der Waals surface area contributed by atoms with Crippen LogP contribution in [-0.2, 0) is 15.7 Å². The second kappa shape index (κ2) is 9.20. The first-order chi connectivity index (χ1) is 14.9. The number of nitrogens with one attached hydrogen (secondary N) is 1. The first-order valence-electron chi connectivity index (χ1n) is 9.86. The standard InChI is InChI=1S/C23H21F3N2O2S/c24-23(25,26)17-8-9-20(28-10-12-30-13-11-28)19(14-17)27-22(29)15-31-21-7-3-5-16-4-1-2-6-18(16)21/h1-9,14H,10-13,15H2,(H,27,29). The SMILES string of the molecule is O=C(CSc1cccc2ccccc12)Nc1cc(C(F)(F)F)ccc1N1CCOCC1. The molecule has 0 radical (unpaired) electrons. The summed E-state index contributed by atoms with van der Waals surface area (Å²) in [6.07, 6.45) is -4.49. The molecule has 1 fully saturated rings. The Morgan fingerprint density at radius 2 is 1.77 bits per heavy atom. The van der Waals surface area contributed by atoms with Gasteiger partial charge in [-0.1, -0.05) is 36.4 Å². The third kappa shape index (κ3) is 5.14. The highest BCUT2D eigenvalue weighted by atomic mass is 32.2. The topological polar surface area (TPSA) is 41.6 Å². The average Bonchev–Trinajstić information content (AvgIpc) is 2.77. The van der Waals surface area contributed by atoms with Crippen molar-refractivity contribution in [1.29, 1.82) is 0 Å². The second-order valence-electron chi connectivity index (χ2n) is 7.14. The fourth-order valence-electron chi connectivity index (χ4n) is 3.54. The molecule has 0 unspecified atom stereocenters. The van der Waals surface area contributed by atoms with Gasteiger partial charge in [-0.25, -0.2) is 0 Å². The van der Waals surface area contributed by atoms with Crippen LogP contribution in [0.4, 0.5) is 24.5 Å². The zero-order valence-electron chi connectivity index (χ0n) is 16.6. The smallest absolute Gasteiger partial charge is 0.378 e. The van der Waals surface area contributed by atoms with E-state index in [4.69, 9.17) is 4.74 Å². The molecule has 0 spiro atoms. The second-order valence-corrected chi connectivity index (χ2v) is 8.16. The van der Waals surface area contributed by atoms with Gasteiger partial charge in [-0.15, -0.1) is 11.8 Å². The number of hydrogen-bond donors (Lipinski definition) is 1. The number of fused-ring (bicyclic) bond motifs is 1. The molecule has 1 aliphatic rings. The van der Waals surface area contributed by atoms with E-state index in [-0.39, 0.29) is 17.3 Å². The summed E-state index contributed by atoms with van der Waals surface area (Å²) in [5.74, 6) is -0.265. The zero-order chi connectivity index (χ0) is 21.8. The van der Waals surface area contributed by atoms with Crippen LogP contribution in [0.1, 0.15) is 5.56 Å². The van der Waals surface area contributed by atoms with Crippen LogP contribution in [0.15, 0.2) is 65.6 Å². The van der Waals surface area contributed by atoms with E-state index in [2.05, 4.69) is 5.32 Å². The molecule has 3 aromatic carbocycles. The maximum absolute atomic E-state index is 13.2. The maximum atomic E-state index is 13.2. The lowest BCUT2D eigenvalue weighted by atomic mass is 10.1. The van der Waals surface area contributed by atoms with Crippen LogP contribution in [0, 0.1) is 0 Å².